The zero-order chi connectivity index (χ0) is 9.03. The molecule has 1 aliphatic rings. The normalized spacial score (nSPS) is 30.1. The van der Waals surface area contributed by atoms with E-state index in [-0.39, 0.29) is 5.84 Å². The van der Waals surface area contributed by atoms with E-state index < -0.39 is 5.60 Å². The topological polar surface area (TPSA) is 68.3 Å². The zero-order valence-corrected chi connectivity index (χ0v) is 7.43. The van der Waals surface area contributed by atoms with Gasteiger partial charge in [0.2, 0.25) is 0 Å². The summed E-state index contributed by atoms with van der Waals surface area (Å²) in [6.07, 6.45) is 2.91. The molecule has 0 amide bonds. The van der Waals surface area contributed by atoms with E-state index in [2.05, 4.69) is 0 Å². The molecule has 1 aliphatic heterocycles. The molecule has 0 saturated carbocycles. The fourth-order valence-corrected chi connectivity index (χ4v) is 1.49. The van der Waals surface area contributed by atoms with Crippen LogP contribution in [-0.2, 0) is 9.47 Å². The van der Waals surface area contributed by atoms with Gasteiger partial charge in [-0.2, -0.15) is 0 Å². The van der Waals surface area contributed by atoms with Crippen LogP contribution < -0.4 is 5.73 Å². The van der Waals surface area contributed by atoms with Crippen molar-refractivity contribution in [1.82, 2.24) is 0 Å². The molecule has 1 rings (SSSR count). The molecule has 1 saturated heterocycles. The molecule has 1 heterocycles. The summed E-state index contributed by atoms with van der Waals surface area (Å²) in [7, 11) is 1.60. The summed E-state index contributed by atoms with van der Waals surface area (Å²) in [5, 5.41) is 7.41. The van der Waals surface area contributed by atoms with Crippen molar-refractivity contribution in [2.75, 3.05) is 20.3 Å². The second kappa shape index (κ2) is 3.87. The zero-order valence-electron chi connectivity index (χ0n) is 7.43. The van der Waals surface area contributed by atoms with E-state index in [0.29, 0.717) is 13.2 Å². The van der Waals surface area contributed by atoms with Crippen LogP contribution in [-0.4, -0.2) is 31.8 Å². The third kappa shape index (κ3) is 1.76. The van der Waals surface area contributed by atoms with Crippen molar-refractivity contribution in [2.45, 2.75) is 24.9 Å². The Balaban J connectivity index is 2.63. The number of rotatable bonds is 3. The first-order valence-electron chi connectivity index (χ1n) is 4.19. The lowest BCUT2D eigenvalue weighted by Gasteiger charge is -2.35. The Hall–Kier alpha value is -0.610. The molecule has 1 atom stereocenters. The van der Waals surface area contributed by atoms with Crippen LogP contribution >= 0.6 is 0 Å². The predicted molar refractivity (Wildman–Crippen MR) is 46.3 cm³/mol. The average Bonchev–Trinajstić information content (AvgIpc) is 2.06. The molecule has 3 N–H and O–H groups in total. The van der Waals surface area contributed by atoms with Gasteiger partial charge in [0.15, 0.2) is 0 Å². The Morgan fingerprint density at radius 2 is 2.42 bits per heavy atom. The number of ether oxygens (including phenoxy) is 2. The Morgan fingerprint density at radius 3 is 2.83 bits per heavy atom. The van der Waals surface area contributed by atoms with E-state index in [1.165, 1.54) is 0 Å². The first kappa shape index (κ1) is 9.48. The van der Waals surface area contributed by atoms with Gasteiger partial charge in [-0.05, 0) is 19.3 Å². The highest BCUT2D eigenvalue weighted by Crippen LogP contribution is 2.24. The summed E-state index contributed by atoms with van der Waals surface area (Å²) in [5.74, 6) is 0.0871. The van der Waals surface area contributed by atoms with Crippen molar-refractivity contribution < 1.29 is 9.47 Å². The van der Waals surface area contributed by atoms with Gasteiger partial charge >= 0.3 is 0 Å². The molecule has 0 aliphatic carbocycles. The van der Waals surface area contributed by atoms with Crippen molar-refractivity contribution in [3.63, 3.8) is 0 Å². The second-order valence-electron chi connectivity index (χ2n) is 3.15. The summed E-state index contributed by atoms with van der Waals surface area (Å²) in [5.41, 5.74) is 4.83. The third-order valence-electron chi connectivity index (χ3n) is 2.22. The van der Waals surface area contributed by atoms with Crippen LogP contribution in [0.2, 0.25) is 0 Å². The van der Waals surface area contributed by atoms with Gasteiger partial charge in [-0.1, -0.05) is 0 Å². The van der Waals surface area contributed by atoms with E-state index in [0.717, 1.165) is 19.3 Å². The Bertz CT molecular complexity index is 159. The fraction of sp³-hybridized carbons (Fsp3) is 0.875. The van der Waals surface area contributed by atoms with E-state index in [1.54, 1.807) is 7.11 Å². The number of methoxy groups -OCH3 is 1. The molecule has 0 spiro atoms. The van der Waals surface area contributed by atoms with Gasteiger partial charge in [0.1, 0.15) is 11.4 Å². The molecule has 1 unspecified atom stereocenters. The highest BCUT2D eigenvalue weighted by molar-refractivity contribution is 5.86. The first-order valence-corrected chi connectivity index (χ1v) is 4.19. The number of hydrogen-bond donors (Lipinski definition) is 2. The standard InChI is InChI=1S/C8H16N2O2/c1-11-6-8(7(9)10)4-2-3-5-12-8/h2-6H2,1H3,(H3,9,10). The highest BCUT2D eigenvalue weighted by Gasteiger charge is 2.36. The lowest BCUT2D eigenvalue weighted by molar-refractivity contribution is -0.0708. The maximum absolute atomic E-state index is 7.41. The molecule has 12 heavy (non-hydrogen) atoms. The smallest absolute Gasteiger partial charge is 0.147 e. The van der Waals surface area contributed by atoms with Crippen molar-refractivity contribution in [2.24, 2.45) is 5.73 Å². The van der Waals surface area contributed by atoms with E-state index in [1.807, 2.05) is 0 Å². The van der Waals surface area contributed by atoms with Crippen molar-refractivity contribution in [3.05, 3.63) is 0 Å². The molecular formula is C8H16N2O2. The van der Waals surface area contributed by atoms with Crippen LogP contribution in [0.4, 0.5) is 0 Å². The summed E-state index contributed by atoms with van der Waals surface area (Å²) >= 11 is 0. The SMILES string of the molecule is COCC1(C(=N)N)CCCCO1. The number of nitrogens with one attached hydrogen (secondary N) is 1. The summed E-state index contributed by atoms with van der Waals surface area (Å²) < 4.78 is 10.5. The number of nitrogens with two attached hydrogens (primary N) is 1. The molecule has 0 aromatic carbocycles. The maximum Gasteiger partial charge on any atom is 0.147 e. The minimum atomic E-state index is -0.632. The second-order valence-corrected chi connectivity index (χ2v) is 3.15. The molecule has 0 radical (unpaired) electrons. The van der Waals surface area contributed by atoms with Gasteiger partial charge in [0.25, 0.3) is 0 Å². The Labute approximate surface area is 72.5 Å². The lowest BCUT2D eigenvalue weighted by atomic mass is 9.93. The van der Waals surface area contributed by atoms with E-state index in [4.69, 9.17) is 20.6 Å². The van der Waals surface area contributed by atoms with Gasteiger partial charge in [-0.25, -0.2) is 0 Å². The molecule has 0 aromatic heterocycles. The minimum absolute atomic E-state index is 0.0871. The van der Waals surface area contributed by atoms with Gasteiger partial charge in [-0.15, -0.1) is 0 Å². The average molecular weight is 172 g/mol. The maximum atomic E-state index is 7.41. The van der Waals surface area contributed by atoms with Crippen LogP contribution in [0.3, 0.4) is 0 Å². The predicted octanol–water partition coefficient (Wildman–Crippen LogP) is 0.508. The molecule has 70 valence electrons. The number of hydrogen-bond acceptors (Lipinski definition) is 3. The molecule has 0 bridgehead atoms. The van der Waals surface area contributed by atoms with Crippen LogP contribution in [0.5, 0.6) is 0 Å². The summed E-state index contributed by atoms with van der Waals surface area (Å²) in [4.78, 5) is 0. The molecule has 1 fully saturated rings. The largest absolute Gasteiger partial charge is 0.385 e. The van der Waals surface area contributed by atoms with Gasteiger partial charge in [0.05, 0.1) is 6.61 Å². The Morgan fingerprint density at radius 1 is 1.67 bits per heavy atom. The monoisotopic (exact) mass is 172 g/mol. The molecule has 4 nitrogen and oxygen atoms in total. The van der Waals surface area contributed by atoms with E-state index in [9.17, 15) is 0 Å². The van der Waals surface area contributed by atoms with Crippen LogP contribution in [0.1, 0.15) is 19.3 Å². The van der Waals surface area contributed by atoms with Crippen molar-refractivity contribution in [1.29, 1.82) is 5.41 Å². The highest BCUT2D eigenvalue weighted by atomic mass is 16.5. The third-order valence-corrected chi connectivity index (χ3v) is 2.22. The van der Waals surface area contributed by atoms with Gasteiger partial charge < -0.3 is 15.2 Å². The molecule has 0 aromatic rings. The Kier molecular flexibility index (Phi) is 3.05. The van der Waals surface area contributed by atoms with Gasteiger partial charge in [0, 0.05) is 13.7 Å². The van der Waals surface area contributed by atoms with Crippen molar-refractivity contribution in [3.8, 4) is 0 Å². The lowest BCUT2D eigenvalue weighted by Crippen LogP contribution is -2.51. The fourth-order valence-electron chi connectivity index (χ4n) is 1.49. The van der Waals surface area contributed by atoms with E-state index >= 15 is 0 Å². The quantitative estimate of drug-likeness (QED) is 0.481. The minimum Gasteiger partial charge on any atom is -0.385 e. The first-order chi connectivity index (χ1) is 5.71. The number of amidine groups is 1. The van der Waals surface area contributed by atoms with Crippen LogP contribution in [0.15, 0.2) is 0 Å². The van der Waals surface area contributed by atoms with Crippen LogP contribution in [0, 0.1) is 5.41 Å². The summed E-state index contributed by atoms with van der Waals surface area (Å²) in [6.45, 7) is 1.07. The van der Waals surface area contributed by atoms with Crippen LogP contribution in [0.25, 0.3) is 0 Å². The van der Waals surface area contributed by atoms with Gasteiger partial charge in [-0.3, -0.25) is 5.41 Å². The molecule has 4 heteroatoms. The van der Waals surface area contributed by atoms with Crippen molar-refractivity contribution >= 4 is 5.84 Å². The summed E-state index contributed by atoms with van der Waals surface area (Å²) in [6, 6.07) is 0. The molecular weight excluding hydrogens is 156 g/mol.